The van der Waals surface area contributed by atoms with Crippen LogP contribution in [-0.2, 0) is 17.8 Å². The topological polar surface area (TPSA) is 51.2 Å². The maximum Gasteiger partial charge on any atom is 0.245 e. The highest BCUT2D eigenvalue weighted by Crippen LogP contribution is 2.31. The molecule has 166 valence electrons. The molecule has 3 aromatic rings. The standard InChI is InChI=1S/C26H28N2O4/c1-30-22-11-7-20(8-12-22)28(21-9-13-23(31-2)14-10-21)26(29)18-27-16-15-19-5-4-6-25(32-3)24(19)17-27/h4-14H,15-18H2,1-3H3. The number of benzene rings is 3. The molecule has 1 aliphatic heterocycles. The molecule has 32 heavy (non-hydrogen) atoms. The number of carbonyl (C=O) groups excluding carboxylic acids is 1. The Morgan fingerprint density at radius 1 is 0.844 bits per heavy atom. The van der Waals surface area contributed by atoms with Crippen molar-refractivity contribution in [1.82, 2.24) is 4.90 Å². The summed E-state index contributed by atoms with van der Waals surface area (Å²) in [6, 6.07) is 21.2. The fourth-order valence-corrected chi connectivity index (χ4v) is 4.09. The van der Waals surface area contributed by atoms with Gasteiger partial charge in [-0.05, 0) is 66.6 Å². The maximum absolute atomic E-state index is 13.6. The maximum atomic E-state index is 13.6. The molecule has 0 aromatic heterocycles. The van der Waals surface area contributed by atoms with Gasteiger partial charge < -0.3 is 14.2 Å². The van der Waals surface area contributed by atoms with Crippen LogP contribution in [0.3, 0.4) is 0 Å². The van der Waals surface area contributed by atoms with Crippen LogP contribution in [0.5, 0.6) is 17.2 Å². The van der Waals surface area contributed by atoms with Gasteiger partial charge in [0, 0.05) is 30.0 Å². The van der Waals surface area contributed by atoms with Gasteiger partial charge in [-0.2, -0.15) is 0 Å². The predicted octanol–water partition coefficient (Wildman–Crippen LogP) is 4.44. The van der Waals surface area contributed by atoms with Gasteiger partial charge in [0.05, 0.1) is 27.9 Å². The molecule has 3 aromatic carbocycles. The molecule has 4 rings (SSSR count). The summed E-state index contributed by atoms with van der Waals surface area (Å²) in [6.07, 6.45) is 0.894. The number of carbonyl (C=O) groups is 1. The average molecular weight is 433 g/mol. The molecule has 0 aliphatic carbocycles. The Balaban J connectivity index is 1.59. The molecular weight excluding hydrogens is 404 g/mol. The molecule has 1 heterocycles. The molecule has 1 amide bonds. The molecule has 0 bridgehead atoms. The van der Waals surface area contributed by atoms with Crippen LogP contribution in [-0.4, -0.2) is 45.2 Å². The van der Waals surface area contributed by atoms with E-state index in [0.29, 0.717) is 13.1 Å². The molecule has 0 atom stereocenters. The number of fused-ring (bicyclic) bond motifs is 1. The van der Waals surface area contributed by atoms with Gasteiger partial charge in [-0.1, -0.05) is 12.1 Å². The van der Waals surface area contributed by atoms with E-state index in [1.165, 1.54) is 5.56 Å². The Bertz CT molecular complexity index is 1000. The molecule has 0 N–H and O–H groups in total. The first-order chi connectivity index (χ1) is 15.6. The van der Waals surface area contributed by atoms with E-state index in [-0.39, 0.29) is 5.91 Å². The largest absolute Gasteiger partial charge is 0.497 e. The van der Waals surface area contributed by atoms with Crippen molar-refractivity contribution in [2.24, 2.45) is 0 Å². The van der Waals surface area contributed by atoms with E-state index in [2.05, 4.69) is 11.0 Å². The summed E-state index contributed by atoms with van der Waals surface area (Å²) in [6.45, 7) is 1.81. The average Bonchev–Trinajstić information content (AvgIpc) is 2.84. The van der Waals surface area contributed by atoms with Crippen LogP contribution in [0.25, 0.3) is 0 Å². The summed E-state index contributed by atoms with van der Waals surface area (Å²) in [7, 11) is 4.95. The van der Waals surface area contributed by atoms with Gasteiger partial charge in [-0.15, -0.1) is 0 Å². The lowest BCUT2D eigenvalue weighted by atomic mass is 9.99. The first-order valence-electron chi connectivity index (χ1n) is 10.6. The molecule has 0 unspecified atom stereocenters. The van der Waals surface area contributed by atoms with E-state index in [1.54, 1.807) is 26.2 Å². The van der Waals surface area contributed by atoms with Crippen molar-refractivity contribution in [3.63, 3.8) is 0 Å². The minimum absolute atomic E-state index is 0.00122. The first kappa shape index (κ1) is 21.7. The van der Waals surface area contributed by atoms with Gasteiger partial charge in [0.25, 0.3) is 0 Å². The van der Waals surface area contributed by atoms with Gasteiger partial charge in [0.15, 0.2) is 0 Å². The number of ether oxygens (including phenoxy) is 3. The summed E-state index contributed by atoms with van der Waals surface area (Å²) in [5.74, 6) is 2.37. The lowest BCUT2D eigenvalue weighted by Crippen LogP contribution is -2.40. The number of nitrogens with zero attached hydrogens (tertiary/aromatic N) is 2. The van der Waals surface area contributed by atoms with Crippen molar-refractivity contribution in [3.8, 4) is 17.2 Å². The molecule has 1 aliphatic rings. The van der Waals surface area contributed by atoms with E-state index < -0.39 is 0 Å². The zero-order chi connectivity index (χ0) is 22.5. The quantitative estimate of drug-likeness (QED) is 0.553. The third kappa shape index (κ3) is 4.55. The number of methoxy groups -OCH3 is 3. The highest BCUT2D eigenvalue weighted by molar-refractivity contribution is 6.01. The third-order valence-corrected chi connectivity index (χ3v) is 5.80. The van der Waals surface area contributed by atoms with Gasteiger partial charge in [-0.25, -0.2) is 0 Å². The van der Waals surface area contributed by atoms with Crippen LogP contribution >= 0.6 is 0 Å². The van der Waals surface area contributed by atoms with Crippen molar-refractivity contribution in [3.05, 3.63) is 77.9 Å². The first-order valence-corrected chi connectivity index (χ1v) is 10.6. The normalized spacial score (nSPS) is 13.2. The molecule has 0 spiro atoms. The minimum atomic E-state index is -0.00122. The van der Waals surface area contributed by atoms with Gasteiger partial charge in [0.2, 0.25) is 5.91 Å². The Hall–Kier alpha value is -3.51. The van der Waals surface area contributed by atoms with Crippen LogP contribution < -0.4 is 19.1 Å². The predicted molar refractivity (Wildman–Crippen MR) is 125 cm³/mol. The van der Waals surface area contributed by atoms with E-state index in [0.717, 1.165) is 47.2 Å². The van der Waals surface area contributed by atoms with Crippen LogP contribution in [0, 0.1) is 0 Å². The van der Waals surface area contributed by atoms with E-state index in [4.69, 9.17) is 14.2 Å². The monoisotopic (exact) mass is 432 g/mol. The number of amides is 1. The molecule has 0 saturated heterocycles. The van der Waals surface area contributed by atoms with Gasteiger partial charge >= 0.3 is 0 Å². The molecule has 0 saturated carbocycles. The zero-order valence-electron chi connectivity index (χ0n) is 18.7. The lowest BCUT2D eigenvalue weighted by molar-refractivity contribution is -0.119. The van der Waals surface area contributed by atoms with Crippen LogP contribution in [0.4, 0.5) is 11.4 Å². The third-order valence-electron chi connectivity index (χ3n) is 5.80. The Morgan fingerprint density at radius 3 is 1.97 bits per heavy atom. The highest BCUT2D eigenvalue weighted by Gasteiger charge is 2.25. The van der Waals surface area contributed by atoms with Crippen molar-refractivity contribution in [1.29, 1.82) is 0 Å². The fourth-order valence-electron chi connectivity index (χ4n) is 4.09. The SMILES string of the molecule is COc1ccc(N(C(=O)CN2CCc3cccc(OC)c3C2)c2ccc(OC)cc2)cc1. The second-order valence-electron chi connectivity index (χ2n) is 7.68. The van der Waals surface area contributed by atoms with Crippen molar-refractivity contribution >= 4 is 17.3 Å². The second kappa shape index (κ2) is 9.75. The minimum Gasteiger partial charge on any atom is -0.497 e. The summed E-state index contributed by atoms with van der Waals surface area (Å²) in [5.41, 5.74) is 4.02. The number of hydrogen-bond donors (Lipinski definition) is 0. The Labute approximate surface area is 188 Å². The van der Waals surface area contributed by atoms with E-state index in [9.17, 15) is 4.79 Å². The molecular formula is C26H28N2O4. The smallest absolute Gasteiger partial charge is 0.245 e. The Kier molecular flexibility index (Phi) is 6.61. The highest BCUT2D eigenvalue weighted by atomic mass is 16.5. The lowest BCUT2D eigenvalue weighted by Gasteiger charge is -2.31. The molecule has 6 nitrogen and oxygen atoms in total. The van der Waals surface area contributed by atoms with Crippen LogP contribution in [0.2, 0.25) is 0 Å². The van der Waals surface area contributed by atoms with Crippen molar-refractivity contribution < 1.29 is 19.0 Å². The van der Waals surface area contributed by atoms with Gasteiger partial charge in [-0.3, -0.25) is 14.6 Å². The second-order valence-corrected chi connectivity index (χ2v) is 7.68. The van der Waals surface area contributed by atoms with E-state index in [1.807, 2.05) is 60.7 Å². The summed E-state index contributed by atoms with van der Waals surface area (Å²) >= 11 is 0. The van der Waals surface area contributed by atoms with Crippen molar-refractivity contribution in [2.45, 2.75) is 13.0 Å². The zero-order valence-corrected chi connectivity index (χ0v) is 18.7. The number of anilines is 2. The fraction of sp³-hybridized carbons (Fsp3) is 0.269. The number of hydrogen-bond acceptors (Lipinski definition) is 5. The van der Waals surface area contributed by atoms with Crippen LogP contribution in [0.1, 0.15) is 11.1 Å². The molecule has 0 radical (unpaired) electrons. The van der Waals surface area contributed by atoms with E-state index >= 15 is 0 Å². The molecule has 6 heteroatoms. The van der Waals surface area contributed by atoms with Crippen molar-refractivity contribution in [2.75, 3.05) is 39.3 Å². The Morgan fingerprint density at radius 2 is 1.44 bits per heavy atom. The summed E-state index contributed by atoms with van der Waals surface area (Å²) < 4.78 is 16.1. The summed E-state index contributed by atoms with van der Waals surface area (Å²) in [4.78, 5) is 17.5. The summed E-state index contributed by atoms with van der Waals surface area (Å²) in [5, 5.41) is 0. The number of rotatable bonds is 7. The molecule has 0 fully saturated rings. The van der Waals surface area contributed by atoms with Gasteiger partial charge in [0.1, 0.15) is 17.2 Å². The van der Waals surface area contributed by atoms with Crippen LogP contribution in [0.15, 0.2) is 66.7 Å².